The number of imide groups is 1. The number of piperazine rings is 1. The molecule has 1 aromatic heterocycles. The molecular formula is C79H102N10O18S. The van der Waals surface area contributed by atoms with Gasteiger partial charge in [0.25, 0.3) is 17.7 Å². The molecule has 28 nitrogen and oxygen atoms in total. The second-order valence-corrected chi connectivity index (χ2v) is 30.7. The minimum absolute atomic E-state index is 0.00249. The molecule has 11 N–H and O–H groups in total. The van der Waals surface area contributed by atoms with Crippen LogP contribution in [0.4, 0.5) is 26.7 Å². The Kier molecular flexibility index (Phi) is 27.4. The smallest absolute Gasteiger partial charge is 0.505 e. The molecule has 0 aliphatic carbocycles. The second kappa shape index (κ2) is 35.9. The predicted molar refractivity (Wildman–Crippen MR) is 411 cm³/mol. The number of carbonyl (C=O) groups is 9. The molecule has 4 bridgehead atoms. The Morgan fingerprint density at radius 2 is 1.54 bits per heavy atom. The summed E-state index contributed by atoms with van der Waals surface area (Å²) in [6.45, 7) is 23.1. The van der Waals surface area contributed by atoms with Gasteiger partial charge in [0.05, 0.1) is 44.2 Å². The minimum Gasteiger partial charge on any atom is -0.505 e. The number of Topliss-reactive ketones (excluding diaryl/α,β-unsaturated/α-hetero) is 1. The fourth-order valence-electron chi connectivity index (χ4n) is 14.4. The van der Waals surface area contributed by atoms with Crippen LogP contribution in [0.15, 0.2) is 89.3 Å². The molecular weight excluding hydrogens is 1410 g/mol. The van der Waals surface area contributed by atoms with Gasteiger partial charge in [0.1, 0.15) is 47.5 Å². The number of nitrogens with one attached hydrogen (secondary N) is 5. The van der Waals surface area contributed by atoms with E-state index in [0.29, 0.717) is 65.5 Å². The van der Waals surface area contributed by atoms with Gasteiger partial charge < -0.3 is 76.6 Å². The molecule has 0 spiro atoms. The lowest BCUT2D eigenvalue weighted by Crippen LogP contribution is -2.54. The molecule has 582 valence electrons. The van der Waals surface area contributed by atoms with Crippen LogP contribution in [0.25, 0.3) is 31.2 Å². The molecule has 9 rings (SSSR count). The Hall–Kier alpha value is -9.81. The zero-order valence-electron chi connectivity index (χ0n) is 63.3. The van der Waals surface area contributed by atoms with Crippen molar-refractivity contribution >= 4 is 113 Å². The number of aliphatic hydroxyl groups excluding tert-OH is 2. The molecule has 4 aliphatic rings. The van der Waals surface area contributed by atoms with Crippen LogP contribution in [0.1, 0.15) is 136 Å². The number of ether oxygens (including phenoxy) is 4. The Morgan fingerprint density at radius 3 is 2.19 bits per heavy atom. The highest BCUT2D eigenvalue weighted by atomic mass is 32.1. The van der Waals surface area contributed by atoms with Crippen LogP contribution < -0.4 is 52.1 Å². The quantitative estimate of drug-likeness (QED) is 0.00524. The second-order valence-electron chi connectivity index (χ2n) is 29.7. The van der Waals surface area contributed by atoms with Crippen LogP contribution in [0.5, 0.6) is 17.2 Å². The fraction of sp³-hybridized carbons (Fsp3) is 0.506. The number of primary amides is 1. The van der Waals surface area contributed by atoms with Crippen molar-refractivity contribution in [3.8, 4) is 17.2 Å². The van der Waals surface area contributed by atoms with Crippen molar-refractivity contribution in [2.75, 3.05) is 68.5 Å². The molecule has 8 amide bonds. The molecule has 0 saturated carbocycles. The van der Waals surface area contributed by atoms with Crippen LogP contribution >= 0.6 is 11.3 Å². The van der Waals surface area contributed by atoms with E-state index in [1.807, 2.05) is 12.1 Å². The molecule has 5 heterocycles. The van der Waals surface area contributed by atoms with Gasteiger partial charge in [-0.25, -0.2) is 14.6 Å². The Morgan fingerprint density at radius 1 is 0.843 bits per heavy atom. The van der Waals surface area contributed by atoms with Crippen LogP contribution in [-0.4, -0.2) is 184 Å². The van der Waals surface area contributed by atoms with Gasteiger partial charge in [-0.2, -0.15) is 0 Å². The number of phenolic OH excluding ortho intramolecular Hbond substituents is 1. The SMILES string of the molecule is CO[C@H]1/C=C/C[C@@]2(C)Oc3c(C)c(=O)c4c(O)c(c5sc6cc(N7CCN(CC(C)C)CC7)cc(OCc7ccc(NC(=O)[C@H](CCCNC(N)=O)NC(=O)[C@@H](NC(=O)CCCCCN8C(=O)C=CC8=O)C(C)C)cc7)c6nc5c4c3C2=O)NC(=O)/C(C)=C\C=C\[C@H](C)[C@H](O)[C@@H](C)[C@@H](O)[C@@H](C)[C@H](OC(=O)O)[C@@H]1C. The lowest BCUT2D eigenvalue weighted by atomic mass is 9.78. The van der Waals surface area contributed by atoms with E-state index in [1.165, 1.54) is 39.2 Å². The molecule has 1 fully saturated rings. The number of nitrogens with two attached hydrogens (primary N) is 1. The van der Waals surface area contributed by atoms with Gasteiger partial charge in [0, 0.05) is 136 Å². The average Bonchev–Trinajstić information content (AvgIpc) is 1.23. The van der Waals surface area contributed by atoms with E-state index in [1.54, 1.807) is 97.0 Å². The summed E-state index contributed by atoms with van der Waals surface area (Å²) < 4.78 is 25.6. The van der Waals surface area contributed by atoms with Gasteiger partial charge in [-0.05, 0) is 82.1 Å². The summed E-state index contributed by atoms with van der Waals surface area (Å²) in [6.07, 6.45) is 6.13. The number of amides is 8. The number of aromatic nitrogens is 1. The summed E-state index contributed by atoms with van der Waals surface area (Å²) in [6, 6.07) is 7.69. The monoisotopic (exact) mass is 1510 g/mol. The lowest BCUT2D eigenvalue weighted by Gasteiger charge is -2.37. The highest BCUT2D eigenvalue weighted by molar-refractivity contribution is 7.25. The number of rotatable bonds is 24. The number of anilines is 3. The van der Waals surface area contributed by atoms with E-state index in [4.69, 9.17) is 29.7 Å². The highest BCUT2D eigenvalue weighted by Gasteiger charge is 2.48. The standard InChI is InChI=1S/C79H102N10O18S/c1-41(2)39-87-33-35-88(36-34-87)51-37-54(105-40-49-24-26-50(27-25-49)82-75(99)52(21-18-31-81-77(80)101)83-76(100)62(42(3)4)84-56(90)23-14-13-15-32-89-57(91)28-29-58(89)92)63-55(38-51)108-72-64(85-63)59-60-68(95)48(10)71-61(59)73(97)79(11,107-71)30-17-22-53(104-12)45(7)70(106-78(102)103)47(9)67(94)46(8)66(93)43(5)19-16-20-44(6)74(98)86-65(72)69(60)96/h16-17,19-20,22,24-29,37-38,41-43,45-47,52-53,62,66-67,70,93-94,96H,13-15,18,21,23,30-36,39-40H2,1-12H3,(H,82,99)(H,83,100)(H,84,90)(H,86,98)(H,102,103)(H3,80,81,101)/b19-16+,22-17+,44-20-/t43-,45+,46+,47+,52-,53-,62-,66-,67+,70+,79+/m0/s1. The molecule has 108 heavy (non-hydrogen) atoms. The number of methoxy groups -OCH3 is 1. The zero-order valence-corrected chi connectivity index (χ0v) is 64.1. The van der Waals surface area contributed by atoms with Crippen LogP contribution in [-0.2, 0) is 44.8 Å². The Balaban J connectivity index is 1.07. The topological polar surface area (TPSA) is 397 Å². The first-order chi connectivity index (χ1) is 51.2. The van der Waals surface area contributed by atoms with Crippen molar-refractivity contribution in [3.63, 3.8) is 0 Å². The number of hydrogen-bond acceptors (Lipinski definition) is 21. The first kappa shape index (κ1) is 82.3. The van der Waals surface area contributed by atoms with Crippen molar-refractivity contribution in [3.05, 3.63) is 111 Å². The van der Waals surface area contributed by atoms with Crippen molar-refractivity contribution in [2.24, 2.45) is 41.2 Å². The average molecular weight is 1510 g/mol. The number of fused-ring (bicyclic) bond motifs is 2. The molecule has 4 aromatic carbocycles. The van der Waals surface area contributed by atoms with Gasteiger partial charge in [0.15, 0.2) is 16.8 Å². The summed E-state index contributed by atoms with van der Waals surface area (Å²) in [5.41, 5.74) is 4.99. The summed E-state index contributed by atoms with van der Waals surface area (Å²) >= 11 is 1.15. The number of unbranched alkanes of at least 4 members (excludes halogenated alkanes) is 2. The van der Waals surface area contributed by atoms with Gasteiger partial charge in [-0.15, -0.1) is 11.3 Å². The number of hydrogen-bond donors (Lipinski definition) is 10. The summed E-state index contributed by atoms with van der Waals surface area (Å²) in [7, 11) is 1.42. The van der Waals surface area contributed by atoms with Crippen molar-refractivity contribution < 1.29 is 82.5 Å². The van der Waals surface area contributed by atoms with E-state index in [2.05, 4.69) is 50.2 Å². The third-order valence-electron chi connectivity index (χ3n) is 20.7. The number of benzene rings is 4. The normalized spacial score (nSPS) is 24.0. The molecule has 4 aliphatic heterocycles. The number of nitrogens with zero attached hydrogens (tertiary/aromatic N) is 4. The van der Waals surface area contributed by atoms with E-state index < -0.39 is 124 Å². The molecule has 0 radical (unpaired) electrons. The summed E-state index contributed by atoms with van der Waals surface area (Å²) in [5, 5.41) is 59.7. The number of aromatic hydroxyl groups is 1. The number of carbonyl (C=O) groups excluding carboxylic acids is 8. The Labute approximate surface area is 631 Å². The highest BCUT2D eigenvalue weighted by Crippen LogP contribution is 2.51. The van der Waals surface area contributed by atoms with Crippen molar-refractivity contribution in [2.45, 2.75) is 170 Å². The number of allylic oxidation sites excluding steroid dienone is 2. The van der Waals surface area contributed by atoms with Gasteiger partial charge in [-0.3, -0.25) is 48.2 Å². The first-order valence-electron chi connectivity index (χ1n) is 36.9. The predicted octanol–water partition coefficient (Wildman–Crippen LogP) is 8.91. The fourth-order valence-corrected chi connectivity index (χ4v) is 15.5. The van der Waals surface area contributed by atoms with Crippen molar-refractivity contribution in [1.82, 2.24) is 30.7 Å². The number of ketones is 1. The van der Waals surface area contributed by atoms with Gasteiger partial charge >= 0.3 is 12.2 Å². The molecule has 5 aromatic rings. The largest absolute Gasteiger partial charge is 0.506 e. The lowest BCUT2D eigenvalue weighted by molar-refractivity contribution is -0.137. The van der Waals surface area contributed by atoms with E-state index in [-0.39, 0.29) is 106 Å². The van der Waals surface area contributed by atoms with Crippen LogP contribution in [0.2, 0.25) is 0 Å². The molecule has 1 saturated heterocycles. The number of carboxylic acid groups (broad SMARTS) is 1. The maximum atomic E-state index is 15.5. The summed E-state index contributed by atoms with van der Waals surface area (Å²) in [4.78, 5) is 146. The number of aliphatic hydroxyl groups is 2. The van der Waals surface area contributed by atoms with Crippen molar-refractivity contribution in [1.29, 1.82) is 0 Å². The van der Waals surface area contributed by atoms with Gasteiger partial charge in [0.2, 0.25) is 23.5 Å². The van der Waals surface area contributed by atoms with E-state index in [9.17, 15) is 58.8 Å². The van der Waals surface area contributed by atoms with Crippen LogP contribution in [0.3, 0.4) is 0 Å². The van der Waals surface area contributed by atoms with E-state index >= 15 is 9.59 Å². The number of urea groups is 1. The maximum Gasteiger partial charge on any atom is 0.506 e. The van der Waals surface area contributed by atoms with Gasteiger partial charge in [-0.1, -0.05) is 104 Å². The molecule has 29 heteroatoms. The summed E-state index contributed by atoms with van der Waals surface area (Å²) in [5.74, 6) is -6.96. The molecule has 11 atom stereocenters. The Bertz CT molecular complexity index is 4410. The zero-order chi connectivity index (χ0) is 78.7. The third kappa shape index (κ3) is 19.2. The third-order valence-corrected chi connectivity index (χ3v) is 21.9. The minimum atomic E-state index is -1.70. The van der Waals surface area contributed by atoms with E-state index in [0.717, 1.165) is 41.6 Å². The molecule has 0 unspecified atom stereocenters. The number of phenols is 1. The first-order valence-corrected chi connectivity index (χ1v) is 37.7. The maximum absolute atomic E-state index is 15.5. The van der Waals surface area contributed by atoms with Crippen LogP contribution in [0, 0.1) is 42.4 Å².